The number of ketones is 1. The van der Waals surface area contributed by atoms with Gasteiger partial charge in [0.05, 0.1) is 23.1 Å². The van der Waals surface area contributed by atoms with Crippen molar-refractivity contribution in [3.05, 3.63) is 83.2 Å². The summed E-state index contributed by atoms with van der Waals surface area (Å²) < 4.78 is 38.7. The highest BCUT2D eigenvalue weighted by atomic mass is 19.4. The Kier molecular flexibility index (Phi) is 6.47. The Morgan fingerprint density at radius 3 is 2.31 bits per heavy atom. The Morgan fingerprint density at radius 1 is 0.889 bits per heavy atom. The van der Waals surface area contributed by atoms with Gasteiger partial charge >= 0.3 is 12.2 Å². The maximum Gasteiger partial charge on any atom is 0.416 e. The Hall–Kier alpha value is -4.67. The van der Waals surface area contributed by atoms with Crippen molar-refractivity contribution >= 4 is 45.8 Å². The first-order valence-electron chi connectivity index (χ1n) is 10.7. The summed E-state index contributed by atoms with van der Waals surface area (Å²) in [7, 11) is 0. The fourth-order valence-corrected chi connectivity index (χ4v) is 3.48. The molecule has 0 saturated heterocycles. The van der Waals surface area contributed by atoms with Gasteiger partial charge in [-0.1, -0.05) is 12.1 Å². The molecule has 11 heteroatoms. The topological polar surface area (TPSA) is 116 Å². The molecule has 184 valence electrons. The second kappa shape index (κ2) is 9.53. The van der Waals surface area contributed by atoms with E-state index in [0.717, 1.165) is 12.1 Å². The van der Waals surface area contributed by atoms with E-state index in [1.165, 1.54) is 31.3 Å². The van der Waals surface area contributed by atoms with Crippen LogP contribution in [0.15, 0.2) is 60.8 Å². The Balaban J connectivity index is 1.47. The lowest BCUT2D eigenvalue weighted by Crippen LogP contribution is -2.20. The summed E-state index contributed by atoms with van der Waals surface area (Å²) in [6.45, 7) is 3.14. The van der Waals surface area contributed by atoms with Crippen LogP contribution in [0.4, 0.5) is 35.0 Å². The number of aromatic amines is 1. The number of nitrogens with one attached hydrogen (secondary N) is 4. The molecule has 0 radical (unpaired) electrons. The van der Waals surface area contributed by atoms with E-state index in [9.17, 15) is 27.6 Å². The number of hydrogen-bond acceptors (Lipinski definition) is 4. The predicted octanol–water partition coefficient (Wildman–Crippen LogP) is 5.99. The maximum absolute atomic E-state index is 12.9. The van der Waals surface area contributed by atoms with Crippen LogP contribution in [0.2, 0.25) is 0 Å². The number of nitrogens with zero attached hydrogens (tertiary/aromatic N) is 1. The molecular weight excluding hydrogens is 475 g/mol. The molecule has 0 spiro atoms. The SMILES string of the molecule is CC(=O)c1cc2cc(NC(=O)c3cc(NC(=O)Nc4cccc(C(F)(F)F)c4)ccc3C)cnc2[nH]1. The normalized spacial score (nSPS) is 11.2. The van der Waals surface area contributed by atoms with E-state index >= 15 is 0 Å². The number of benzene rings is 2. The molecule has 2 aromatic heterocycles. The van der Waals surface area contributed by atoms with Crippen LogP contribution in [-0.4, -0.2) is 27.7 Å². The van der Waals surface area contributed by atoms with E-state index in [1.54, 1.807) is 31.2 Å². The molecule has 4 N–H and O–H groups in total. The molecule has 36 heavy (non-hydrogen) atoms. The summed E-state index contributed by atoms with van der Waals surface area (Å²) >= 11 is 0. The number of Topliss-reactive ketones (excluding diaryl/α,β-unsaturated/α-hetero) is 1. The standard InChI is InChI=1S/C25H20F3N5O3/c1-13-6-7-18(32-24(36)31-17-5-3-4-16(10-17)25(26,27)28)11-20(13)23(35)30-19-8-15-9-21(14(2)34)33-22(15)29-12-19/h3-12H,1-2H3,(H,29,33)(H,30,35)(H2,31,32,36). The summed E-state index contributed by atoms with van der Waals surface area (Å²) in [5.74, 6) is -0.603. The largest absolute Gasteiger partial charge is 0.416 e. The van der Waals surface area contributed by atoms with Gasteiger partial charge in [-0.05, 0) is 55.0 Å². The lowest BCUT2D eigenvalue weighted by Gasteiger charge is -2.12. The van der Waals surface area contributed by atoms with Gasteiger partial charge in [0.25, 0.3) is 5.91 Å². The van der Waals surface area contributed by atoms with E-state index in [2.05, 4.69) is 25.9 Å². The molecule has 0 aliphatic heterocycles. The van der Waals surface area contributed by atoms with Gasteiger partial charge in [0.2, 0.25) is 0 Å². The molecular formula is C25H20F3N5O3. The summed E-state index contributed by atoms with van der Waals surface area (Å²) in [6.07, 6.45) is -3.09. The van der Waals surface area contributed by atoms with Gasteiger partial charge in [-0.2, -0.15) is 13.2 Å². The van der Waals surface area contributed by atoms with Crippen molar-refractivity contribution in [1.29, 1.82) is 0 Å². The first-order valence-corrected chi connectivity index (χ1v) is 10.7. The molecule has 0 aliphatic carbocycles. The molecule has 2 aromatic carbocycles. The van der Waals surface area contributed by atoms with Crippen molar-refractivity contribution in [2.75, 3.05) is 16.0 Å². The maximum atomic E-state index is 12.9. The molecule has 0 atom stereocenters. The van der Waals surface area contributed by atoms with Crippen LogP contribution in [0, 0.1) is 6.92 Å². The number of hydrogen-bond donors (Lipinski definition) is 4. The first kappa shape index (κ1) is 24.5. The number of halogens is 3. The van der Waals surface area contributed by atoms with Crippen molar-refractivity contribution < 1.29 is 27.6 Å². The number of alkyl halides is 3. The zero-order valence-corrected chi connectivity index (χ0v) is 19.1. The summed E-state index contributed by atoms with van der Waals surface area (Å²) in [5.41, 5.74) is 1.55. The van der Waals surface area contributed by atoms with Gasteiger partial charge in [-0.15, -0.1) is 0 Å². The van der Waals surface area contributed by atoms with Crippen LogP contribution in [0.1, 0.15) is 38.9 Å². The average molecular weight is 495 g/mol. The number of pyridine rings is 1. The fourth-order valence-electron chi connectivity index (χ4n) is 3.48. The van der Waals surface area contributed by atoms with Crippen LogP contribution in [-0.2, 0) is 6.18 Å². The van der Waals surface area contributed by atoms with Gasteiger partial charge in [-0.3, -0.25) is 9.59 Å². The quantitative estimate of drug-likeness (QED) is 0.255. The molecule has 8 nitrogen and oxygen atoms in total. The fraction of sp³-hybridized carbons (Fsp3) is 0.120. The molecule has 0 aliphatic rings. The van der Waals surface area contributed by atoms with E-state index in [-0.39, 0.29) is 22.7 Å². The van der Waals surface area contributed by atoms with Gasteiger partial charge in [0.1, 0.15) is 5.65 Å². The average Bonchev–Trinajstić information content (AvgIpc) is 3.24. The third kappa shape index (κ3) is 5.52. The van der Waals surface area contributed by atoms with Crippen molar-refractivity contribution in [1.82, 2.24) is 9.97 Å². The zero-order chi connectivity index (χ0) is 26.0. The van der Waals surface area contributed by atoms with Crippen LogP contribution in [0.25, 0.3) is 11.0 Å². The van der Waals surface area contributed by atoms with Gasteiger partial charge in [0.15, 0.2) is 5.78 Å². The number of carbonyl (C=O) groups is 3. The molecule has 3 amide bonds. The number of H-pyrrole nitrogens is 1. The molecule has 0 bridgehead atoms. The van der Waals surface area contributed by atoms with Gasteiger partial charge < -0.3 is 20.9 Å². The highest BCUT2D eigenvalue weighted by molar-refractivity contribution is 6.07. The Bertz CT molecular complexity index is 1490. The van der Waals surface area contributed by atoms with Crippen LogP contribution in [0.3, 0.4) is 0 Å². The highest BCUT2D eigenvalue weighted by Crippen LogP contribution is 2.30. The number of fused-ring (bicyclic) bond motifs is 1. The number of carbonyl (C=O) groups excluding carboxylic acids is 3. The molecule has 0 fully saturated rings. The summed E-state index contributed by atoms with van der Waals surface area (Å²) in [4.78, 5) is 43.9. The van der Waals surface area contributed by atoms with Crippen molar-refractivity contribution in [3.8, 4) is 0 Å². The van der Waals surface area contributed by atoms with Crippen LogP contribution >= 0.6 is 0 Å². The predicted molar refractivity (Wildman–Crippen MR) is 129 cm³/mol. The molecule has 2 heterocycles. The minimum absolute atomic E-state index is 0.0343. The third-order valence-corrected chi connectivity index (χ3v) is 5.30. The second-order valence-corrected chi connectivity index (χ2v) is 8.04. The Morgan fingerprint density at radius 2 is 1.61 bits per heavy atom. The second-order valence-electron chi connectivity index (χ2n) is 8.04. The van der Waals surface area contributed by atoms with E-state index in [4.69, 9.17) is 0 Å². The van der Waals surface area contributed by atoms with Crippen LogP contribution in [0.5, 0.6) is 0 Å². The van der Waals surface area contributed by atoms with Crippen molar-refractivity contribution in [3.63, 3.8) is 0 Å². The smallest absolute Gasteiger partial charge is 0.337 e. The van der Waals surface area contributed by atoms with Crippen LogP contribution < -0.4 is 16.0 Å². The number of anilines is 3. The summed E-state index contributed by atoms with van der Waals surface area (Å²) in [5, 5.41) is 8.24. The van der Waals surface area contributed by atoms with E-state index in [0.29, 0.717) is 28.0 Å². The molecule has 4 rings (SSSR count). The lowest BCUT2D eigenvalue weighted by molar-refractivity contribution is -0.137. The third-order valence-electron chi connectivity index (χ3n) is 5.30. The Labute approximate surface area is 202 Å². The zero-order valence-electron chi connectivity index (χ0n) is 19.1. The highest BCUT2D eigenvalue weighted by Gasteiger charge is 2.30. The number of rotatable bonds is 5. The van der Waals surface area contributed by atoms with Gasteiger partial charge in [0, 0.05) is 29.2 Å². The monoisotopic (exact) mass is 495 g/mol. The first-order chi connectivity index (χ1) is 17.0. The van der Waals surface area contributed by atoms with E-state index in [1.807, 2.05) is 0 Å². The number of urea groups is 1. The minimum atomic E-state index is -4.54. The minimum Gasteiger partial charge on any atom is -0.337 e. The number of amides is 3. The molecule has 4 aromatic rings. The van der Waals surface area contributed by atoms with Crippen molar-refractivity contribution in [2.24, 2.45) is 0 Å². The lowest BCUT2D eigenvalue weighted by atomic mass is 10.1. The van der Waals surface area contributed by atoms with E-state index < -0.39 is 23.7 Å². The number of aromatic nitrogens is 2. The van der Waals surface area contributed by atoms with Gasteiger partial charge in [-0.25, -0.2) is 9.78 Å². The number of aryl methyl sites for hydroxylation is 1. The molecule has 0 saturated carbocycles. The molecule has 0 unspecified atom stereocenters. The van der Waals surface area contributed by atoms with Crippen molar-refractivity contribution in [2.45, 2.75) is 20.0 Å². The summed E-state index contributed by atoms with van der Waals surface area (Å²) in [6, 6.07) is 11.4.